The van der Waals surface area contributed by atoms with Crippen molar-refractivity contribution in [3.05, 3.63) is 88.2 Å². The minimum absolute atomic E-state index is 0.347. The smallest absolute Gasteiger partial charge is 0.272 e. The first-order chi connectivity index (χ1) is 14.6. The van der Waals surface area contributed by atoms with Crippen LogP contribution < -0.4 is 9.64 Å². The normalized spacial score (nSPS) is 14.0. The number of furan rings is 1. The van der Waals surface area contributed by atoms with Gasteiger partial charge in [0.05, 0.1) is 34.8 Å². The van der Waals surface area contributed by atoms with Crippen LogP contribution in [-0.2, 0) is 15.3 Å². The maximum atomic E-state index is 13.5. The summed E-state index contributed by atoms with van der Waals surface area (Å²) in [6, 6.07) is 17.5. The Morgan fingerprint density at radius 3 is 2.47 bits per heavy atom. The number of thioether (sulfide) groups is 1. The third kappa shape index (κ3) is 3.88. The lowest BCUT2D eigenvalue weighted by Crippen LogP contribution is -2.31. The number of para-hydroxylation sites is 2. The number of rotatable bonds is 7. The summed E-state index contributed by atoms with van der Waals surface area (Å²) in [6.45, 7) is 2.28. The van der Waals surface area contributed by atoms with E-state index in [2.05, 4.69) is 0 Å². The van der Waals surface area contributed by atoms with Crippen molar-refractivity contribution in [1.29, 1.82) is 0 Å². The van der Waals surface area contributed by atoms with Gasteiger partial charge in [-0.25, -0.2) is 4.90 Å². The molecular weight excluding hydrogens is 422 g/mol. The van der Waals surface area contributed by atoms with E-state index < -0.39 is 5.91 Å². The number of anilines is 1. The summed E-state index contributed by atoms with van der Waals surface area (Å²) in [6.07, 6.45) is 1.58. The number of carbonyl (C=O) groups is 2. The van der Waals surface area contributed by atoms with E-state index in [1.54, 1.807) is 60.9 Å². The SMILES string of the molecule is CCOc1ccccc1N1C(=O)C(SCc2ccco2)=C(c2ccc(Cl)cc2)C1=O. The molecule has 1 aromatic heterocycles. The van der Waals surface area contributed by atoms with Crippen LogP contribution in [-0.4, -0.2) is 18.4 Å². The Bertz CT molecular complexity index is 1110. The predicted octanol–water partition coefficient (Wildman–Crippen LogP) is 5.55. The fourth-order valence-electron chi connectivity index (χ4n) is 3.19. The van der Waals surface area contributed by atoms with Crippen LogP contribution >= 0.6 is 23.4 Å². The summed E-state index contributed by atoms with van der Waals surface area (Å²) >= 11 is 7.29. The van der Waals surface area contributed by atoms with E-state index >= 15 is 0 Å². The number of benzene rings is 2. The fraction of sp³-hybridized carbons (Fsp3) is 0.130. The fourth-order valence-corrected chi connectivity index (χ4v) is 4.33. The summed E-state index contributed by atoms with van der Waals surface area (Å²) in [7, 11) is 0. The molecule has 0 N–H and O–H groups in total. The number of amides is 2. The van der Waals surface area contributed by atoms with Gasteiger partial charge in [-0.15, -0.1) is 11.8 Å². The number of ether oxygens (including phenoxy) is 1. The van der Waals surface area contributed by atoms with E-state index in [9.17, 15) is 9.59 Å². The van der Waals surface area contributed by atoms with Crippen molar-refractivity contribution in [3.63, 3.8) is 0 Å². The van der Waals surface area contributed by atoms with E-state index in [1.807, 2.05) is 13.0 Å². The van der Waals surface area contributed by atoms with Gasteiger partial charge in [0.15, 0.2) is 0 Å². The largest absolute Gasteiger partial charge is 0.492 e. The quantitative estimate of drug-likeness (QED) is 0.452. The molecule has 7 heteroatoms. The predicted molar refractivity (Wildman–Crippen MR) is 118 cm³/mol. The molecule has 0 radical (unpaired) electrons. The molecule has 0 atom stereocenters. The first kappa shape index (κ1) is 20.3. The van der Waals surface area contributed by atoms with Crippen LogP contribution in [0.25, 0.3) is 5.57 Å². The van der Waals surface area contributed by atoms with Gasteiger partial charge in [0.25, 0.3) is 11.8 Å². The summed E-state index contributed by atoms with van der Waals surface area (Å²) in [5.41, 5.74) is 1.41. The first-order valence-corrected chi connectivity index (χ1v) is 10.7. The summed E-state index contributed by atoms with van der Waals surface area (Å²) in [5.74, 6) is 0.857. The maximum Gasteiger partial charge on any atom is 0.272 e. The number of carbonyl (C=O) groups excluding carboxylic acids is 2. The molecule has 3 aromatic rings. The van der Waals surface area contributed by atoms with Crippen LogP contribution in [0.3, 0.4) is 0 Å². The van der Waals surface area contributed by atoms with E-state index in [-0.39, 0.29) is 5.91 Å². The zero-order valence-electron chi connectivity index (χ0n) is 16.1. The Labute approximate surface area is 183 Å². The van der Waals surface area contributed by atoms with Gasteiger partial charge in [-0.1, -0.05) is 35.9 Å². The average molecular weight is 440 g/mol. The van der Waals surface area contributed by atoms with Crippen LogP contribution in [0.1, 0.15) is 18.2 Å². The Morgan fingerprint density at radius 2 is 1.77 bits per heavy atom. The molecule has 0 unspecified atom stereocenters. The Hall–Kier alpha value is -2.96. The molecular formula is C23H18ClNO4S. The zero-order valence-corrected chi connectivity index (χ0v) is 17.7. The van der Waals surface area contributed by atoms with Crippen LogP contribution in [0, 0.1) is 0 Å². The van der Waals surface area contributed by atoms with Crippen molar-refractivity contribution >= 4 is 46.4 Å². The monoisotopic (exact) mass is 439 g/mol. The van der Waals surface area contributed by atoms with Gasteiger partial charge >= 0.3 is 0 Å². The van der Waals surface area contributed by atoms with Crippen LogP contribution in [0.4, 0.5) is 5.69 Å². The second-order valence-corrected chi connectivity index (χ2v) is 7.85. The molecule has 2 amide bonds. The number of hydrogen-bond donors (Lipinski definition) is 0. The van der Waals surface area contributed by atoms with Crippen LogP contribution in [0.5, 0.6) is 5.75 Å². The first-order valence-electron chi connectivity index (χ1n) is 9.36. The maximum absolute atomic E-state index is 13.5. The van der Waals surface area contributed by atoms with Crippen molar-refractivity contribution in [2.24, 2.45) is 0 Å². The number of halogens is 1. The molecule has 0 bridgehead atoms. The van der Waals surface area contributed by atoms with Crippen LogP contribution in [0.15, 0.2) is 76.2 Å². The standard InChI is InChI=1S/C23H18ClNO4S/c1-2-28-19-8-4-3-7-18(19)25-22(26)20(15-9-11-16(24)12-10-15)21(23(25)27)30-14-17-6-5-13-29-17/h3-13H,2,14H2,1H3. The van der Waals surface area contributed by atoms with E-state index in [0.29, 0.717) is 44.9 Å². The molecule has 0 fully saturated rings. The van der Waals surface area contributed by atoms with Crippen molar-refractivity contribution in [3.8, 4) is 5.75 Å². The van der Waals surface area contributed by atoms with Gasteiger partial charge < -0.3 is 9.15 Å². The minimum atomic E-state index is -0.392. The Kier molecular flexibility index (Phi) is 5.97. The summed E-state index contributed by atoms with van der Waals surface area (Å²) in [5, 5.41) is 0.555. The lowest BCUT2D eigenvalue weighted by atomic mass is 10.1. The van der Waals surface area contributed by atoms with E-state index in [4.69, 9.17) is 20.8 Å². The highest BCUT2D eigenvalue weighted by molar-refractivity contribution is 8.03. The zero-order chi connectivity index (χ0) is 21.1. The van der Waals surface area contributed by atoms with Gasteiger partial charge in [0, 0.05) is 5.02 Å². The van der Waals surface area contributed by atoms with Crippen molar-refractivity contribution in [2.75, 3.05) is 11.5 Å². The molecule has 0 saturated heterocycles. The summed E-state index contributed by atoms with van der Waals surface area (Å²) < 4.78 is 11.0. The van der Waals surface area contributed by atoms with E-state index in [0.717, 1.165) is 5.76 Å². The van der Waals surface area contributed by atoms with Crippen LogP contribution in [0.2, 0.25) is 5.02 Å². The third-order valence-corrected chi connectivity index (χ3v) is 5.87. The topological polar surface area (TPSA) is 59.8 Å². The molecule has 4 rings (SSSR count). The molecule has 0 spiro atoms. The van der Waals surface area contributed by atoms with E-state index in [1.165, 1.54) is 16.7 Å². The second kappa shape index (κ2) is 8.81. The third-order valence-electron chi connectivity index (χ3n) is 4.52. The Morgan fingerprint density at radius 1 is 1.00 bits per heavy atom. The minimum Gasteiger partial charge on any atom is -0.492 e. The van der Waals surface area contributed by atoms with Gasteiger partial charge in [-0.2, -0.15) is 0 Å². The molecule has 2 heterocycles. The Balaban J connectivity index is 1.76. The average Bonchev–Trinajstić information content (AvgIpc) is 3.34. The summed E-state index contributed by atoms with van der Waals surface area (Å²) in [4.78, 5) is 28.4. The number of imide groups is 1. The second-order valence-electron chi connectivity index (χ2n) is 6.43. The van der Waals surface area contributed by atoms with Crippen molar-refractivity contribution in [2.45, 2.75) is 12.7 Å². The number of nitrogens with zero attached hydrogens (tertiary/aromatic N) is 1. The van der Waals surface area contributed by atoms with Crippen molar-refractivity contribution in [1.82, 2.24) is 0 Å². The molecule has 0 aliphatic carbocycles. The number of hydrogen-bond acceptors (Lipinski definition) is 5. The van der Waals surface area contributed by atoms with Gasteiger partial charge in [-0.05, 0) is 48.9 Å². The molecule has 0 saturated carbocycles. The molecule has 1 aliphatic rings. The highest BCUT2D eigenvalue weighted by Gasteiger charge is 2.41. The lowest BCUT2D eigenvalue weighted by Gasteiger charge is -2.18. The highest BCUT2D eigenvalue weighted by atomic mass is 35.5. The van der Waals surface area contributed by atoms with Gasteiger partial charge in [0.1, 0.15) is 11.5 Å². The molecule has 5 nitrogen and oxygen atoms in total. The molecule has 2 aromatic carbocycles. The molecule has 152 valence electrons. The highest BCUT2D eigenvalue weighted by Crippen LogP contribution is 2.42. The molecule has 30 heavy (non-hydrogen) atoms. The van der Waals surface area contributed by atoms with Gasteiger partial charge in [-0.3, -0.25) is 9.59 Å². The molecule has 1 aliphatic heterocycles. The lowest BCUT2D eigenvalue weighted by molar-refractivity contribution is -0.119. The van der Waals surface area contributed by atoms with Crippen molar-refractivity contribution < 1.29 is 18.7 Å². The van der Waals surface area contributed by atoms with Gasteiger partial charge in [0.2, 0.25) is 0 Å².